The Morgan fingerprint density at radius 3 is 2.48 bits per heavy atom. The Bertz CT molecular complexity index is 779. The van der Waals surface area contributed by atoms with Gasteiger partial charge in [-0.2, -0.15) is 0 Å². The van der Waals surface area contributed by atoms with Crippen molar-refractivity contribution >= 4 is 10.0 Å². The van der Waals surface area contributed by atoms with Crippen molar-refractivity contribution in [3.63, 3.8) is 0 Å². The number of rotatable bonds is 5. The highest BCUT2D eigenvalue weighted by atomic mass is 32.2. The van der Waals surface area contributed by atoms with E-state index < -0.39 is 10.0 Å². The van der Waals surface area contributed by atoms with Crippen LogP contribution >= 0.6 is 0 Å². The second-order valence-electron chi connectivity index (χ2n) is 4.45. The zero-order chi connectivity index (χ0) is 15.5. The molecule has 1 aromatic heterocycles. The van der Waals surface area contributed by atoms with Gasteiger partial charge in [-0.05, 0) is 30.3 Å². The predicted molar refractivity (Wildman–Crippen MR) is 78.7 cm³/mol. The zero-order valence-electron chi connectivity index (χ0n) is 11.7. The lowest BCUT2D eigenvalue weighted by Gasteiger charge is -2.08. The van der Waals surface area contributed by atoms with E-state index in [0.717, 1.165) is 0 Å². The average Bonchev–Trinajstić information content (AvgIpc) is 2.49. The summed E-state index contributed by atoms with van der Waals surface area (Å²) < 4.78 is 33.1. The van der Waals surface area contributed by atoms with Crippen LogP contribution in [0.25, 0.3) is 0 Å². The van der Waals surface area contributed by atoms with E-state index in [9.17, 15) is 13.2 Å². The van der Waals surface area contributed by atoms with Crippen LogP contribution in [0.5, 0.6) is 5.75 Å². The summed E-state index contributed by atoms with van der Waals surface area (Å²) in [6.07, 6.45) is 1.61. The second kappa shape index (κ2) is 6.11. The lowest BCUT2D eigenvalue weighted by Crippen LogP contribution is -2.28. The molecule has 0 bridgehead atoms. The molecule has 112 valence electrons. The molecule has 0 aliphatic carbocycles. The van der Waals surface area contributed by atoms with E-state index in [1.807, 2.05) is 0 Å². The third-order valence-corrected chi connectivity index (χ3v) is 4.44. The number of sulfonamides is 1. The molecular weight excluding hydrogens is 292 g/mol. The summed E-state index contributed by atoms with van der Waals surface area (Å²) in [5.41, 5.74) is 0.159. The third-order valence-electron chi connectivity index (χ3n) is 3.02. The Morgan fingerprint density at radius 1 is 1.19 bits per heavy atom. The van der Waals surface area contributed by atoms with Gasteiger partial charge in [-0.15, -0.1) is 0 Å². The normalized spacial score (nSPS) is 11.3. The number of hydrogen-bond donors (Lipinski definition) is 1. The molecule has 1 N–H and O–H groups in total. The van der Waals surface area contributed by atoms with Gasteiger partial charge in [-0.3, -0.25) is 4.79 Å². The predicted octanol–water partition coefficient (Wildman–Crippen LogP) is 0.872. The smallest absolute Gasteiger partial charge is 0.254 e. The van der Waals surface area contributed by atoms with Gasteiger partial charge in [0.25, 0.3) is 5.56 Å². The van der Waals surface area contributed by atoms with Gasteiger partial charge in [0.05, 0.1) is 12.0 Å². The van der Waals surface area contributed by atoms with Crippen molar-refractivity contribution in [1.29, 1.82) is 0 Å². The number of hydrogen-bond acceptors (Lipinski definition) is 4. The van der Waals surface area contributed by atoms with Crippen LogP contribution in [-0.4, -0.2) is 20.1 Å². The van der Waals surface area contributed by atoms with Crippen LogP contribution in [0.3, 0.4) is 0 Å². The molecule has 21 heavy (non-hydrogen) atoms. The van der Waals surface area contributed by atoms with E-state index in [1.54, 1.807) is 37.5 Å². The number of aryl methyl sites for hydroxylation is 1. The Kier molecular flexibility index (Phi) is 4.44. The lowest BCUT2D eigenvalue weighted by molar-refractivity contribution is 0.414. The Labute approximate surface area is 123 Å². The lowest BCUT2D eigenvalue weighted by atomic mass is 10.3. The molecule has 0 radical (unpaired) electrons. The van der Waals surface area contributed by atoms with Crippen LogP contribution in [-0.2, 0) is 23.6 Å². The Hall–Kier alpha value is -2.12. The molecule has 6 nitrogen and oxygen atoms in total. The molecule has 0 aliphatic rings. The molecule has 2 aromatic rings. The first kappa shape index (κ1) is 15.3. The Balaban J connectivity index is 2.17. The quantitative estimate of drug-likeness (QED) is 0.889. The fraction of sp³-hybridized carbons (Fsp3) is 0.214. The number of nitrogens with one attached hydrogen (secondary N) is 1. The van der Waals surface area contributed by atoms with Crippen molar-refractivity contribution in [3.8, 4) is 5.75 Å². The molecule has 1 heterocycles. The van der Waals surface area contributed by atoms with Gasteiger partial charge in [0.1, 0.15) is 5.75 Å². The van der Waals surface area contributed by atoms with Crippen LogP contribution in [0, 0.1) is 0 Å². The summed E-state index contributed by atoms with van der Waals surface area (Å²) in [4.78, 5) is 11.9. The molecule has 0 aliphatic heterocycles. The molecule has 0 spiro atoms. The van der Waals surface area contributed by atoms with Gasteiger partial charge in [0, 0.05) is 25.4 Å². The largest absolute Gasteiger partial charge is 0.497 e. The number of methoxy groups -OCH3 is 1. The highest BCUT2D eigenvalue weighted by Gasteiger charge is 2.14. The maximum atomic E-state index is 12.1. The van der Waals surface area contributed by atoms with Gasteiger partial charge in [-0.1, -0.05) is 6.07 Å². The topological polar surface area (TPSA) is 77.4 Å². The first-order valence-electron chi connectivity index (χ1n) is 6.22. The molecule has 7 heteroatoms. The summed E-state index contributed by atoms with van der Waals surface area (Å²) >= 11 is 0. The van der Waals surface area contributed by atoms with Gasteiger partial charge in [-0.25, -0.2) is 13.1 Å². The van der Waals surface area contributed by atoms with Crippen molar-refractivity contribution in [2.75, 3.05) is 7.11 Å². The summed E-state index contributed by atoms with van der Waals surface area (Å²) in [5.74, 6) is 0.575. The number of pyridine rings is 1. The monoisotopic (exact) mass is 308 g/mol. The molecule has 2 rings (SSSR count). The number of aromatic nitrogens is 1. The molecule has 0 atom stereocenters. The van der Waals surface area contributed by atoms with Crippen LogP contribution in [0.2, 0.25) is 0 Å². The van der Waals surface area contributed by atoms with E-state index in [-0.39, 0.29) is 17.0 Å². The van der Waals surface area contributed by atoms with Crippen LogP contribution in [0.1, 0.15) is 5.56 Å². The first-order chi connectivity index (χ1) is 9.94. The number of nitrogens with zero attached hydrogens (tertiary/aromatic N) is 1. The highest BCUT2D eigenvalue weighted by molar-refractivity contribution is 7.89. The summed E-state index contributed by atoms with van der Waals surface area (Å²) in [5, 5.41) is 0. The molecule has 0 amide bonds. The van der Waals surface area contributed by atoms with Gasteiger partial charge >= 0.3 is 0 Å². The summed E-state index contributed by atoms with van der Waals surface area (Å²) in [6, 6.07) is 9.32. The second-order valence-corrected chi connectivity index (χ2v) is 6.22. The van der Waals surface area contributed by atoms with Gasteiger partial charge in [0.15, 0.2) is 0 Å². The van der Waals surface area contributed by atoms with Gasteiger partial charge < -0.3 is 9.30 Å². The molecule has 0 fully saturated rings. The maximum Gasteiger partial charge on any atom is 0.254 e. The number of benzene rings is 1. The summed E-state index contributed by atoms with van der Waals surface area (Å²) in [7, 11) is -0.545. The summed E-state index contributed by atoms with van der Waals surface area (Å²) in [6.45, 7) is -0.0537. The fourth-order valence-electron chi connectivity index (χ4n) is 1.80. The van der Waals surface area contributed by atoms with E-state index in [1.165, 1.54) is 23.8 Å². The molecule has 0 saturated heterocycles. The third kappa shape index (κ3) is 3.50. The van der Waals surface area contributed by atoms with Crippen molar-refractivity contribution in [2.24, 2.45) is 7.05 Å². The average molecular weight is 308 g/mol. The van der Waals surface area contributed by atoms with Crippen molar-refractivity contribution in [1.82, 2.24) is 9.29 Å². The molecule has 0 saturated carbocycles. The fourth-order valence-corrected chi connectivity index (χ4v) is 2.81. The minimum Gasteiger partial charge on any atom is -0.497 e. The zero-order valence-corrected chi connectivity index (χ0v) is 12.6. The Morgan fingerprint density at radius 2 is 1.86 bits per heavy atom. The van der Waals surface area contributed by atoms with E-state index in [2.05, 4.69) is 4.72 Å². The maximum absolute atomic E-state index is 12.1. The van der Waals surface area contributed by atoms with E-state index in [4.69, 9.17) is 4.74 Å². The van der Waals surface area contributed by atoms with Crippen molar-refractivity contribution < 1.29 is 13.2 Å². The SMILES string of the molecule is COc1ccc(S(=O)(=O)NCc2cccn(C)c2=O)cc1. The molecule has 1 aromatic carbocycles. The van der Waals surface area contributed by atoms with E-state index in [0.29, 0.717) is 11.3 Å². The molecular formula is C14H16N2O4S. The van der Waals surface area contributed by atoms with Crippen LogP contribution in [0.4, 0.5) is 0 Å². The van der Waals surface area contributed by atoms with Gasteiger partial charge in [0.2, 0.25) is 10.0 Å². The van der Waals surface area contributed by atoms with Crippen LogP contribution in [0.15, 0.2) is 52.3 Å². The van der Waals surface area contributed by atoms with Crippen LogP contribution < -0.4 is 15.0 Å². The first-order valence-corrected chi connectivity index (χ1v) is 7.70. The van der Waals surface area contributed by atoms with E-state index >= 15 is 0 Å². The minimum absolute atomic E-state index is 0.0537. The van der Waals surface area contributed by atoms with Crippen molar-refractivity contribution in [2.45, 2.75) is 11.4 Å². The number of ether oxygens (including phenoxy) is 1. The highest BCUT2D eigenvalue weighted by Crippen LogP contribution is 2.15. The molecule has 0 unspecified atom stereocenters. The van der Waals surface area contributed by atoms with Crippen molar-refractivity contribution in [3.05, 3.63) is 58.5 Å². The minimum atomic E-state index is -3.67. The standard InChI is InChI=1S/C14H16N2O4S/c1-16-9-3-4-11(14(16)17)10-15-21(18,19)13-7-5-12(20-2)6-8-13/h3-9,15H,10H2,1-2H3.